The molecule has 15 nitrogen and oxygen atoms in total. The molecule has 65 heavy (non-hydrogen) atoms. The molecule has 1 aromatic heterocycles. The number of likely N-dealkylation sites (tertiary alicyclic amines) is 2. The highest BCUT2D eigenvalue weighted by molar-refractivity contribution is 6.07. The monoisotopic (exact) mass is 879 g/mol. The first-order valence-corrected chi connectivity index (χ1v) is 22.4. The fourth-order valence-corrected chi connectivity index (χ4v) is 10.5. The van der Waals surface area contributed by atoms with Crippen LogP contribution in [-0.4, -0.2) is 102 Å². The lowest BCUT2D eigenvalue weighted by Gasteiger charge is -2.31. The minimum absolute atomic E-state index is 0.0997. The van der Waals surface area contributed by atoms with Crippen LogP contribution in [0.3, 0.4) is 0 Å². The van der Waals surface area contributed by atoms with E-state index in [1.807, 2.05) is 60.2 Å². The fraction of sp³-hybridized carbons (Fsp3) is 0.400. The zero-order valence-corrected chi connectivity index (χ0v) is 37.1. The first-order valence-electron chi connectivity index (χ1n) is 22.4. The Labute approximate surface area is 376 Å². The molecule has 4 aromatic carbocycles. The lowest BCUT2D eigenvalue weighted by molar-refractivity contribution is -0.136. The number of aromatic amines is 1. The van der Waals surface area contributed by atoms with Gasteiger partial charge in [0.15, 0.2) is 0 Å². The van der Waals surface area contributed by atoms with Gasteiger partial charge in [0.1, 0.15) is 30.3 Å². The number of piperidine rings is 1. The summed E-state index contributed by atoms with van der Waals surface area (Å²) in [4.78, 5) is 70.3. The molecule has 2 unspecified atom stereocenters. The molecule has 0 bridgehead atoms. The minimum Gasteiger partial charge on any atom is -0.488 e. The molecule has 7 atom stereocenters. The number of hydrogen-bond acceptors (Lipinski definition) is 10. The van der Waals surface area contributed by atoms with Gasteiger partial charge in [-0.05, 0) is 94.0 Å². The molecular weight excluding hydrogens is 827 g/mol. The second-order valence-corrected chi connectivity index (χ2v) is 18.2. The Morgan fingerprint density at radius 3 is 2.45 bits per heavy atom. The zero-order chi connectivity index (χ0) is 45.1. The molecule has 4 amide bonds. The topological polar surface area (TPSA) is 177 Å². The summed E-state index contributed by atoms with van der Waals surface area (Å²) >= 11 is 0. The summed E-state index contributed by atoms with van der Waals surface area (Å²) in [6.45, 7) is 5.20. The van der Waals surface area contributed by atoms with Crippen molar-refractivity contribution in [2.45, 2.75) is 76.3 Å². The Bertz CT molecular complexity index is 2730. The molecule has 4 aliphatic heterocycles. The molecule has 5 aromatic rings. The average Bonchev–Trinajstić information content (AvgIpc) is 3.79. The lowest BCUT2D eigenvalue weighted by atomic mass is 9.90. The first-order chi connectivity index (χ1) is 31.5. The highest BCUT2D eigenvalue weighted by Gasteiger charge is 2.56. The zero-order valence-electron chi connectivity index (χ0n) is 37.1. The van der Waals surface area contributed by atoms with Gasteiger partial charge in [-0.1, -0.05) is 62.4 Å². The summed E-state index contributed by atoms with van der Waals surface area (Å²) in [6.07, 6.45) is 3.58. The number of ether oxygens (including phenoxy) is 4. The van der Waals surface area contributed by atoms with Gasteiger partial charge in [0, 0.05) is 43.3 Å². The van der Waals surface area contributed by atoms with Gasteiger partial charge in [0.25, 0.3) is 0 Å². The number of nitrogens with one attached hydrogen (secondary N) is 3. The van der Waals surface area contributed by atoms with Crippen LogP contribution in [0, 0.1) is 17.8 Å². The number of benzene rings is 4. The average molecular weight is 880 g/mol. The summed E-state index contributed by atoms with van der Waals surface area (Å²) in [7, 11) is 4.26. The molecule has 15 heteroatoms. The van der Waals surface area contributed by atoms with Crippen molar-refractivity contribution in [2.24, 2.45) is 22.7 Å². The molecule has 10 rings (SSSR count). The molecule has 3 N–H and O–H groups in total. The number of amides is 4. The van der Waals surface area contributed by atoms with Crippen molar-refractivity contribution in [2.75, 3.05) is 34.5 Å². The van der Waals surface area contributed by atoms with E-state index < -0.39 is 24.3 Å². The van der Waals surface area contributed by atoms with Crippen molar-refractivity contribution in [1.82, 2.24) is 30.4 Å². The summed E-state index contributed by atoms with van der Waals surface area (Å²) in [5, 5.41) is 7.64. The van der Waals surface area contributed by atoms with Crippen molar-refractivity contribution in [3.05, 3.63) is 102 Å². The van der Waals surface area contributed by atoms with Crippen LogP contribution >= 0.6 is 0 Å². The van der Waals surface area contributed by atoms with E-state index in [1.165, 1.54) is 14.2 Å². The van der Waals surface area contributed by atoms with Crippen LogP contribution < -0.4 is 15.4 Å². The second-order valence-electron chi connectivity index (χ2n) is 18.2. The normalized spacial score (nSPS) is 22.2. The van der Waals surface area contributed by atoms with Crippen molar-refractivity contribution in [1.29, 1.82) is 0 Å². The Morgan fingerprint density at radius 2 is 1.68 bits per heavy atom. The Kier molecular flexibility index (Phi) is 11.0. The van der Waals surface area contributed by atoms with E-state index in [1.54, 1.807) is 7.11 Å². The van der Waals surface area contributed by atoms with E-state index in [0.717, 1.165) is 80.1 Å². The highest BCUT2D eigenvalue weighted by Crippen LogP contribution is 2.53. The van der Waals surface area contributed by atoms with Crippen LogP contribution in [0.5, 0.6) is 5.75 Å². The van der Waals surface area contributed by atoms with E-state index >= 15 is 0 Å². The summed E-state index contributed by atoms with van der Waals surface area (Å²) in [6, 6.07) is 22.1. The van der Waals surface area contributed by atoms with Gasteiger partial charge in [-0.2, -0.15) is 0 Å². The predicted molar refractivity (Wildman–Crippen MR) is 243 cm³/mol. The Hall–Kier alpha value is -6.74. The largest absolute Gasteiger partial charge is 0.488 e. The highest BCUT2D eigenvalue weighted by atomic mass is 16.5. The van der Waals surface area contributed by atoms with Gasteiger partial charge in [-0.15, -0.1) is 0 Å². The van der Waals surface area contributed by atoms with Crippen LogP contribution in [0.1, 0.15) is 67.7 Å². The maximum atomic E-state index is 14.4. The Balaban J connectivity index is 0.884. The molecule has 336 valence electrons. The number of carbonyl (C=O) groups is 4. The maximum Gasteiger partial charge on any atom is 0.407 e. The van der Waals surface area contributed by atoms with E-state index in [2.05, 4.69) is 58.1 Å². The third-order valence-corrected chi connectivity index (χ3v) is 13.9. The quantitative estimate of drug-likeness (QED) is 0.122. The van der Waals surface area contributed by atoms with Crippen LogP contribution in [0.4, 0.5) is 15.3 Å². The smallest absolute Gasteiger partial charge is 0.407 e. The molecule has 3 fully saturated rings. The summed E-state index contributed by atoms with van der Waals surface area (Å²) in [5.74, 6) is 1.61. The van der Waals surface area contributed by atoms with Gasteiger partial charge in [-0.25, -0.2) is 14.6 Å². The van der Waals surface area contributed by atoms with Crippen LogP contribution in [0.2, 0.25) is 0 Å². The van der Waals surface area contributed by atoms with Crippen molar-refractivity contribution in [3.63, 3.8) is 0 Å². The molecule has 0 radical (unpaired) electrons. The SMILES string of the molecule is COCC1C[C@@H](C2=Nc3ccc4cc5c(cc4c3C2)OCc2cc(-c3cnc([C@@H]4CC6C[C@H]6N4C(=O)[C@@H](NC(=O)OC)C(C)C)[nH]3)ccc2-5)N(C(=O)[C@H](NC(=O)OC)c2ccccc2)C1. The lowest BCUT2D eigenvalue weighted by Crippen LogP contribution is -2.52. The molecule has 1 saturated carbocycles. The third kappa shape index (κ3) is 7.74. The van der Waals surface area contributed by atoms with Crippen molar-refractivity contribution >= 4 is 46.2 Å². The number of nitrogens with zero attached hydrogens (tertiary/aromatic N) is 4. The number of rotatable bonds is 11. The van der Waals surface area contributed by atoms with E-state index in [0.29, 0.717) is 44.1 Å². The number of aliphatic imine (C=N–C) groups is 1. The Morgan fingerprint density at radius 1 is 0.877 bits per heavy atom. The van der Waals surface area contributed by atoms with Crippen molar-refractivity contribution < 1.29 is 38.1 Å². The number of H-pyrrole nitrogens is 1. The van der Waals surface area contributed by atoms with Gasteiger partial charge in [0.05, 0.1) is 50.5 Å². The third-order valence-electron chi connectivity index (χ3n) is 13.9. The summed E-state index contributed by atoms with van der Waals surface area (Å²) in [5.41, 5.74) is 8.52. The standard InChI is InChI=1S/C50H53N7O8/c1-26(2)44(54-49(60)63-4)48(59)57-40-18-31(40)19-42(57)46-51-22-39(53-46)30-11-13-33-32(16-30)25-65-43-21-34-29(17-36(33)43)12-14-37-35(34)20-38(52-37)41-15-27(24-62-3)23-56(41)47(58)45(55-50(61)64-5)28-9-7-6-8-10-28/h6-14,16-17,21-22,26-27,31,40-42,44-45H,15,18-20,23-25H2,1-5H3,(H,51,53)(H,54,60)(H,55,61)/t27?,31?,40-,41+,42+,44+,45-/m1/s1. The number of aromatic nitrogens is 2. The van der Waals surface area contributed by atoms with E-state index in [9.17, 15) is 19.2 Å². The van der Waals surface area contributed by atoms with Crippen LogP contribution in [0.25, 0.3) is 33.2 Å². The predicted octanol–water partition coefficient (Wildman–Crippen LogP) is 7.42. The molecular formula is C50H53N7O8. The number of methoxy groups -OCH3 is 3. The van der Waals surface area contributed by atoms with Crippen molar-refractivity contribution in [3.8, 4) is 28.1 Å². The van der Waals surface area contributed by atoms with E-state index in [4.69, 9.17) is 28.9 Å². The first kappa shape index (κ1) is 42.2. The molecule has 2 saturated heterocycles. The number of carbonyl (C=O) groups excluding carboxylic acids is 4. The second kappa shape index (κ2) is 17.0. The molecule has 1 aliphatic carbocycles. The van der Waals surface area contributed by atoms with Gasteiger partial charge in [0.2, 0.25) is 11.8 Å². The minimum atomic E-state index is -0.926. The van der Waals surface area contributed by atoms with Gasteiger partial charge >= 0.3 is 12.2 Å². The number of imidazole rings is 1. The maximum absolute atomic E-state index is 14.4. The molecule has 5 aliphatic rings. The van der Waals surface area contributed by atoms with Gasteiger partial charge in [-0.3, -0.25) is 14.6 Å². The van der Waals surface area contributed by atoms with Crippen LogP contribution in [0.15, 0.2) is 84.0 Å². The fourth-order valence-electron chi connectivity index (χ4n) is 10.5. The number of hydrogen-bond donors (Lipinski definition) is 3. The summed E-state index contributed by atoms with van der Waals surface area (Å²) < 4.78 is 21.8. The number of fused-ring (bicyclic) bond motifs is 7. The van der Waals surface area contributed by atoms with Crippen LogP contribution in [-0.2, 0) is 36.8 Å². The van der Waals surface area contributed by atoms with E-state index in [-0.39, 0.29) is 41.8 Å². The van der Waals surface area contributed by atoms with Gasteiger partial charge < -0.3 is 44.4 Å². The molecule has 0 spiro atoms. The number of alkyl carbamates (subject to hydrolysis) is 2. The molecule has 5 heterocycles.